The Balaban J connectivity index is 1.48. The van der Waals surface area contributed by atoms with E-state index in [1.165, 1.54) is 16.8 Å². The number of para-hydroxylation sites is 1. The van der Waals surface area contributed by atoms with Gasteiger partial charge in [-0.15, -0.1) is 0 Å². The molecule has 1 aliphatic rings. The van der Waals surface area contributed by atoms with Gasteiger partial charge < -0.3 is 15.1 Å². The van der Waals surface area contributed by atoms with Gasteiger partial charge in [-0.2, -0.15) is 4.98 Å². The van der Waals surface area contributed by atoms with Crippen LogP contribution in [0.5, 0.6) is 0 Å². The summed E-state index contributed by atoms with van der Waals surface area (Å²) in [7, 11) is 0. The molecule has 1 saturated heterocycles. The second-order valence-electron chi connectivity index (χ2n) is 7.44. The number of aromatic nitrogens is 2. The Labute approximate surface area is 167 Å². The topological polar surface area (TPSA) is 44.3 Å². The van der Waals surface area contributed by atoms with E-state index in [0.29, 0.717) is 5.95 Å². The maximum absolute atomic E-state index is 4.80. The highest BCUT2D eigenvalue weighted by molar-refractivity contribution is 5.60. The highest BCUT2D eigenvalue weighted by Crippen LogP contribution is 2.23. The SMILES string of the molecule is Cc1ccc(Nc2nc(C)cc(N3CCN(c4ccccc4)CC3)n2)c(C)c1. The molecule has 28 heavy (non-hydrogen) atoms. The lowest BCUT2D eigenvalue weighted by molar-refractivity contribution is 0.647. The molecule has 0 spiro atoms. The normalized spacial score (nSPS) is 14.2. The molecule has 3 aromatic rings. The molecule has 1 aromatic heterocycles. The largest absolute Gasteiger partial charge is 0.368 e. The van der Waals surface area contributed by atoms with Crippen LogP contribution in [0.3, 0.4) is 0 Å². The Morgan fingerprint density at radius 3 is 2.21 bits per heavy atom. The summed E-state index contributed by atoms with van der Waals surface area (Å²) in [5.41, 5.74) is 5.77. The average Bonchev–Trinajstić information content (AvgIpc) is 2.70. The van der Waals surface area contributed by atoms with E-state index in [2.05, 4.69) is 88.5 Å². The zero-order valence-corrected chi connectivity index (χ0v) is 16.8. The number of rotatable bonds is 4. The van der Waals surface area contributed by atoms with Crippen molar-refractivity contribution in [3.05, 3.63) is 71.4 Å². The third-order valence-corrected chi connectivity index (χ3v) is 5.19. The van der Waals surface area contributed by atoms with Crippen LogP contribution in [-0.4, -0.2) is 36.1 Å². The molecule has 0 radical (unpaired) electrons. The van der Waals surface area contributed by atoms with Crippen LogP contribution in [0.2, 0.25) is 0 Å². The predicted octanol–water partition coefficient (Wildman–Crippen LogP) is 4.47. The van der Waals surface area contributed by atoms with E-state index in [1.54, 1.807) is 0 Å². The molecule has 144 valence electrons. The summed E-state index contributed by atoms with van der Waals surface area (Å²) in [4.78, 5) is 14.2. The molecule has 1 N–H and O–H groups in total. The lowest BCUT2D eigenvalue weighted by Gasteiger charge is -2.36. The molecular weight excluding hydrogens is 346 g/mol. The van der Waals surface area contributed by atoms with E-state index in [0.717, 1.165) is 43.4 Å². The van der Waals surface area contributed by atoms with Gasteiger partial charge in [0.1, 0.15) is 5.82 Å². The van der Waals surface area contributed by atoms with Gasteiger partial charge >= 0.3 is 0 Å². The number of anilines is 4. The van der Waals surface area contributed by atoms with Crippen molar-refractivity contribution >= 4 is 23.1 Å². The zero-order valence-electron chi connectivity index (χ0n) is 16.8. The third kappa shape index (κ3) is 4.09. The molecule has 0 saturated carbocycles. The Morgan fingerprint density at radius 2 is 1.50 bits per heavy atom. The maximum Gasteiger partial charge on any atom is 0.229 e. The van der Waals surface area contributed by atoms with Gasteiger partial charge in [-0.1, -0.05) is 35.9 Å². The summed E-state index contributed by atoms with van der Waals surface area (Å²) >= 11 is 0. The minimum atomic E-state index is 0.660. The van der Waals surface area contributed by atoms with Crippen molar-refractivity contribution in [1.29, 1.82) is 0 Å². The molecule has 0 unspecified atom stereocenters. The van der Waals surface area contributed by atoms with Gasteiger partial charge in [0.15, 0.2) is 0 Å². The number of nitrogens with zero attached hydrogens (tertiary/aromatic N) is 4. The second-order valence-corrected chi connectivity index (χ2v) is 7.44. The van der Waals surface area contributed by atoms with Crippen molar-refractivity contribution < 1.29 is 0 Å². The van der Waals surface area contributed by atoms with E-state index >= 15 is 0 Å². The van der Waals surface area contributed by atoms with E-state index in [1.807, 2.05) is 6.92 Å². The van der Waals surface area contributed by atoms with E-state index in [4.69, 9.17) is 4.98 Å². The molecule has 5 nitrogen and oxygen atoms in total. The van der Waals surface area contributed by atoms with Crippen molar-refractivity contribution in [3.63, 3.8) is 0 Å². The van der Waals surface area contributed by atoms with Crippen molar-refractivity contribution in [3.8, 4) is 0 Å². The molecule has 1 aliphatic heterocycles. The lowest BCUT2D eigenvalue weighted by atomic mass is 10.1. The van der Waals surface area contributed by atoms with Gasteiger partial charge in [0.25, 0.3) is 0 Å². The van der Waals surface area contributed by atoms with Gasteiger partial charge in [-0.05, 0) is 44.5 Å². The highest BCUT2D eigenvalue weighted by Gasteiger charge is 2.19. The number of piperazine rings is 1. The molecule has 5 heteroatoms. The van der Waals surface area contributed by atoms with Crippen molar-refractivity contribution in [2.75, 3.05) is 41.3 Å². The molecule has 2 aromatic carbocycles. The molecule has 0 aliphatic carbocycles. The monoisotopic (exact) mass is 373 g/mol. The molecule has 1 fully saturated rings. The van der Waals surface area contributed by atoms with E-state index in [9.17, 15) is 0 Å². The van der Waals surface area contributed by atoms with Gasteiger partial charge in [0, 0.05) is 49.3 Å². The van der Waals surface area contributed by atoms with Crippen LogP contribution in [0.25, 0.3) is 0 Å². The first-order valence-electron chi connectivity index (χ1n) is 9.83. The maximum atomic E-state index is 4.80. The summed E-state index contributed by atoms with van der Waals surface area (Å²) in [5, 5.41) is 3.40. The van der Waals surface area contributed by atoms with Crippen LogP contribution in [0.15, 0.2) is 54.6 Å². The Kier molecular flexibility index (Phi) is 5.15. The summed E-state index contributed by atoms with van der Waals surface area (Å²) in [6.45, 7) is 10.1. The van der Waals surface area contributed by atoms with Crippen molar-refractivity contribution in [1.82, 2.24) is 9.97 Å². The number of hydrogen-bond donors (Lipinski definition) is 1. The minimum absolute atomic E-state index is 0.660. The third-order valence-electron chi connectivity index (χ3n) is 5.19. The fourth-order valence-corrected chi connectivity index (χ4v) is 3.68. The molecule has 0 amide bonds. The van der Waals surface area contributed by atoms with Crippen LogP contribution in [0.4, 0.5) is 23.1 Å². The first kappa shape index (κ1) is 18.3. The fourth-order valence-electron chi connectivity index (χ4n) is 3.68. The smallest absolute Gasteiger partial charge is 0.229 e. The molecule has 0 bridgehead atoms. The molecule has 4 rings (SSSR count). The molecular formula is C23H27N5. The number of aryl methyl sites for hydroxylation is 3. The van der Waals surface area contributed by atoms with Gasteiger partial charge in [0.2, 0.25) is 5.95 Å². The van der Waals surface area contributed by atoms with Gasteiger partial charge in [0.05, 0.1) is 0 Å². The predicted molar refractivity (Wildman–Crippen MR) is 117 cm³/mol. The van der Waals surface area contributed by atoms with Gasteiger partial charge in [-0.3, -0.25) is 0 Å². The summed E-state index contributed by atoms with van der Waals surface area (Å²) in [6.07, 6.45) is 0. The Morgan fingerprint density at radius 1 is 0.786 bits per heavy atom. The Bertz CT molecular complexity index is 946. The van der Waals surface area contributed by atoms with Crippen LogP contribution in [0, 0.1) is 20.8 Å². The number of nitrogens with one attached hydrogen (secondary N) is 1. The standard InChI is InChI=1S/C23H27N5/c1-17-9-10-21(18(2)15-17)25-23-24-19(3)16-22(26-23)28-13-11-27(12-14-28)20-7-5-4-6-8-20/h4-10,15-16H,11-14H2,1-3H3,(H,24,25,26). The average molecular weight is 374 g/mol. The van der Waals surface area contributed by atoms with Crippen LogP contribution in [0.1, 0.15) is 16.8 Å². The summed E-state index contributed by atoms with van der Waals surface area (Å²) in [6, 6.07) is 19.1. The molecule has 0 atom stereocenters. The first-order chi connectivity index (χ1) is 13.6. The lowest BCUT2D eigenvalue weighted by Crippen LogP contribution is -2.46. The van der Waals surface area contributed by atoms with Crippen molar-refractivity contribution in [2.24, 2.45) is 0 Å². The fraction of sp³-hybridized carbons (Fsp3) is 0.304. The van der Waals surface area contributed by atoms with E-state index in [-0.39, 0.29) is 0 Å². The second kappa shape index (κ2) is 7.89. The summed E-state index contributed by atoms with van der Waals surface area (Å²) in [5.74, 6) is 1.65. The Hall–Kier alpha value is -3.08. The molecule has 2 heterocycles. The minimum Gasteiger partial charge on any atom is -0.368 e. The highest BCUT2D eigenvalue weighted by atomic mass is 15.3. The van der Waals surface area contributed by atoms with Crippen LogP contribution < -0.4 is 15.1 Å². The number of hydrogen-bond acceptors (Lipinski definition) is 5. The zero-order chi connectivity index (χ0) is 19.5. The summed E-state index contributed by atoms with van der Waals surface area (Å²) < 4.78 is 0. The van der Waals surface area contributed by atoms with Crippen molar-refractivity contribution in [2.45, 2.75) is 20.8 Å². The van der Waals surface area contributed by atoms with Crippen LogP contribution in [-0.2, 0) is 0 Å². The van der Waals surface area contributed by atoms with Crippen LogP contribution >= 0.6 is 0 Å². The number of benzene rings is 2. The first-order valence-corrected chi connectivity index (χ1v) is 9.83. The van der Waals surface area contributed by atoms with E-state index < -0.39 is 0 Å². The van der Waals surface area contributed by atoms with Gasteiger partial charge in [-0.25, -0.2) is 4.98 Å². The quantitative estimate of drug-likeness (QED) is 0.731.